The summed E-state index contributed by atoms with van der Waals surface area (Å²) >= 11 is 0. The highest BCUT2D eigenvalue weighted by molar-refractivity contribution is 5.39. The lowest BCUT2D eigenvalue weighted by Gasteiger charge is -2.25. The van der Waals surface area contributed by atoms with Crippen LogP contribution in [0, 0.1) is 35.5 Å². The van der Waals surface area contributed by atoms with Gasteiger partial charge in [0.25, 0.3) is 0 Å². The number of hydrogen-bond donors (Lipinski definition) is 0. The van der Waals surface area contributed by atoms with Gasteiger partial charge in [0.15, 0.2) is 0 Å². The van der Waals surface area contributed by atoms with Gasteiger partial charge in [-0.2, -0.15) is 0 Å². The maximum Gasteiger partial charge on any atom is 0.0249 e. The van der Waals surface area contributed by atoms with Crippen LogP contribution in [0.2, 0.25) is 0 Å². The summed E-state index contributed by atoms with van der Waals surface area (Å²) in [7, 11) is 0. The van der Waals surface area contributed by atoms with E-state index in [0.717, 1.165) is 17.9 Å². The van der Waals surface area contributed by atoms with E-state index in [1.54, 1.807) is 0 Å². The largest absolute Gasteiger partial charge is 0.0951 e. The van der Waals surface area contributed by atoms with E-state index in [1.807, 2.05) is 12.2 Å². The van der Waals surface area contributed by atoms with Gasteiger partial charge in [0, 0.05) is 11.5 Å². The normalized spacial score (nSPS) is 19.8. The van der Waals surface area contributed by atoms with E-state index in [1.165, 1.54) is 56.9 Å². The zero-order valence-corrected chi connectivity index (χ0v) is 16.0. The van der Waals surface area contributed by atoms with Crippen LogP contribution in [0.5, 0.6) is 0 Å². The smallest absolute Gasteiger partial charge is 0.0249 e. The van der Waals surface area contributed by atoms with Gasteiger partial charge < -0.3 is 0 Å². The molecule has 2 rings (SSSR count). The van der Waals surface area contributed by atoms with E-state index in [4.69, 9.17) is 0 Å². The van der Waals surface area contributed by atoms with Crippen LogP contribution in [-0.4, -0.2) is 0 Å². The van der Waals surface area contributed by atoms with Gasteiger partial charge in [-0.3, -0.25) is 0 Å². The lowest BCUT2D eigenvalue weighted by atomic mass is 9.80. The molecule has 25 heavy (non-hydrogen) atoms. The van der Waals surface area contributed by atoms with E-state index >= 15 is 0 Å². The second-order valence-electron chi connectivity index (χ2n) is 7.20. The van der Waals surface area contributed by atoms with E-state index in [2.05, 4.69) is 61.8 Å². The summed E-state index contributed by atoms with van der Waals surface area (Å²) in [5.74, 6) is 14.4. The molecule has 0 aromatic heterocycles. The molecule has 132 valence electrons. The van der Waals surface area contributed by atoms with Crippen LogP contribution in [0.1, 0.15) is 76.3 Å². The van der Waals surface area contributed by atoms with Gasteiger partial charge in [-0.05, 0) is 67.9 Å². The van der Waals surface area contributed by atoms with Crippen molar-refractivity contribution in [3.8, 4) is 23.7 Å². The van der Waals surface area contributed by atoms with Crippen LogP contribution in [0.3, 0.4) is 0 Å². The Bertz CT molecular complexity index is 631. The monoisotopic (exact) mass is 332 g/mol. The first-order chi connectivity index (χ1) is 12.3. The van der Waals surface area contributed by atoms with Gasteiger partial charge >= 0.3 is 0 Å². The molecule has 0 spiro atoms. The SMILES string of the molecule is CCCC[C@H]1CC[C@H](C#C/C=C/C#Cc2ccc(CCC)cc2)CC1. The second-order valence-corrected chi connectivity index (χ2v) is 7.20. The van der Waals surface area contributed by atoms with Crippen LogP contribution < -0.4 is 0 Å². The van der Waals surface area contributed by atoms with E-state index in [0.29, 0.717) is 5.92 Å². The number of benzene rings is 1. The Morgan fingerprint density at radius 3 is 2.32 bits per heavy atom. The second kappa shape index (κ2) is 11.6. The topological polar surface area (TPSA) is 0 Å². The predicted molar refractivity (Wildman–Crippen MR) is 109 cm³/mol. The predicted octanol–water partition coefficient (Wildman–Crippen LogP) is 6.55. The fourth-order valence-corrected chi connectivity index (χ4v) is 3.51. The Hall–Kier alpha value is -1.92. The molecule has 1 aliphatic rings. The Balaban J connectivity index is 1.73. The molecule has 0 unspecified atom stereocenters. The summed E-state index contributed by atoms with van der Waals surface area (Å²) in [4.78, 5) is 0. The van der Waals surface area contributed by atoms with Crippen molar-refractivity contribution in [3.05, 3.63) is 47.5 Å². The molecule has 1 fully saturated rings. The maximum absolute atomic E-state index is 3.41. The fourth-order valence-electron chi connectivity index (χ4n) is 3.51. The van der Waals surface area contributed by atoms with E-state index in [9.17, 15) is 0 Å². The number of unbranched alkanes of at least 4 members (excludes halogenated alkanes) is 1. The zero-order valence-electron chi connectivity index (χ0n) is 16.0. The Labute approximate surface area is 155 Å². The molecule has 0 bridgehead atoms. The molecule has 0 nitrogen and oxygen atoms in total. The standard InChI is InChI=1S/C25H32/c1-3-5-11-23-18-20-25(21-19-23)13-9-7-6-8-12-24-16-14-22(10-4-2)15-17-24/h6-7,14-17,23,25H,3-5,10-11,18-21H2,1-2H3/b7-6+/t23-,25-. The highest BCUT2D eigenvalue weighted by atomic mass is 14.2. The lowest BCUT2D eigenvalue weighted by Crippen LogP contribution is -2.13. The molecule has 0 heteroatoms. The minimum absolute atomic E-state index is 0.599. The van der Waals surface area contributed by atoms with Crippen molar-refractivity contribution in [1.29, 1.82) is 0 Å². The molecule has 1 aliphatic carbocycles. The molecule has 0 aliphatic heterocycles. The van der Waals surface area contributed by atoms with Gasteiger partial charge in [-0.1, -0.05) is 75.3 Å². The molecule has 0 heterocycles. The van der Waals surface area contributed by atoms with Crippen LogP contribution >= 0.6 is 0 Å². The third kappa shape index (κ3) is 7.67. The molecule has 0 radical (unpaired) electrons. The van der Waals surface area contributed by atoms with Crippen LogP contribution in [0.15, 0.2) is 36.4 Å². The van der Waals surface area contributed by atoms with Crippen LogP contribution in [-0.2, 0) is 6.42 Å². The van der Waals surface area contributed by atoms with Crippen molar-refractivity contribution in [1.82, 2.24) is 0 Å². The summed E-state index contributed by atoms with van der Waals surface area (Å²) in [6, 6.07) is 8.56. The number of aryl methyl sites for hydroxylation is 1. The highest BCUT2D eigenvalue weighted by Crippen LogP contribution is 2.31. The van der Waals surface area contributed by atoms with Crippen molar-refractivity contribution in [2.45, 2.75) is 71.6 Å². The first-order valence-electron chi connectivity index (χ1n) is 10.1. The summed E-state index contributed by atoms with van der Waals surface area (Å²) in [6.07, 6.45) is 15.6. The van der Waals surface area contributed by atoms with Crippen molar-refractivity contribution in [2.75, 3.05) is 0 Å². The number of rotatable bonds is 5. The third-order valence-corrected chi connectivity index (χ3v) is 5.06. The molecule has 1 aromatic carbocycles. The fraction of sp³-hybridized carbons (Fsp3) is 0.520. The summed E-state index contributed by atoms with van der Waals surface area (Å²) in [5.41, 5.74) is 2.46. The van der Waals surface area contributed by atoms with Crippen molar-refractivity contribution in [3.63, 3.8) is 0 Å². The third-order valence-electron chi connectivity index (χ3n) is 5.06. The quantitative estimate of drug-likeness (QED) is 0.536. The van der Waals surface area contributed by atoms with Gasteiger partial charge in [0.05, 0.1) is 0 Å². The first-order valence-corrected chi connectivity index (χ1v) is 10.1. The minimum Gasteiger partial charge on any atom is -0.0951 e. The molecule has 0 amide bonds. The van der Waals surface area contributed by atoms with Gasteiger partial charge in [-0.15, -0.1) is 0 Å². The molecule has 0 N–H and O–H groups in total. The van der Waals surface area contributed by atoms with Crippen LogP contribution in [0.4, 0.5) is 0 Å². The Morgan fingerprint density at radius 2 is 1.64 bits per heavy atom. The van der Waals surface area contributed by atoms with E-state index in [-0.39, 0.29) is 0 Å². The Morgan fingerprint density at radius 1 is 0.920 bits per heavy atom. The van der Waals surface area contributed by atoms with Crippen LogP contribution in [0.25, 0.3) is 0 Å². The molecule has 1 saturated carbocycles. The molecular formula is C25H32. The first kappa shape index (κ1) is 19.4. The zero-order chi connectivity index (χ0) is 17.7. The van der Waals surface area contributed by atoms with Crippen molar-refractivity contribution in [2.24, 2.45) is 11.8 Å². The molecule has 1 aromatic rings. The lowest BCUT2D eigenvalue weighted by molar-refractivity contribution is 0.296. The van der Waals surface area contributed by atoms with Gasteiger partial charge in [-0.25, -0.2) is 0 Å². The molecular weight excluding hydrogens is 300 g/mol. The summed E-state index contributed by atoms with van der Waals surface area (Å²) in [6.45, 7) is 4.49. The molecule has 0 atom stereocenters. The Kier molecular flexibility index (Phi) is 9.01. The van der Waals surface area contributed by atoms with Gasteiger partial charge in [0.1, 0.15) is 0 Å². The average molecular weight is 333 g/mol. The molecule has 0 saturated heterocycles. The highest BCUT2D eigenvalue weighted by Gasteiger charge is 2.18. The van der Waals surface area contributed by atoms with E-state index < -0.39 is 0 Å². The minimum atomic E-state index is 0.599. The number of hydrogen-bond acceptors (Lipinski definition) is 0. The summed E-state index contributed by atoms with van der Waals surface area (Å²) in [5, 5.41) is 0. The number of allylic oxidation sites excluding steroid dienone is 2. The van der Waals surface area contributed by atoms with Gasteiger partial charge in [0.2, 0.25) is 0 Å². The maximum atomic E-state index is 3.41. The summed E-state index contributed by atoms with van der Waals surface area (Å²) < 4.78 is 0. The van der Waals surface area contributed by atoms with Crippen molar-refractivity contribution >= 4 is 0 Å². The van der Waals surface area contributed by atoms with Crippen molar-refractivity contribution < 1.29 is 0 Å². The average Bonchev–Trinajstić information content (AvgIpc) is 2.65.